The van der Waals surface area contributed by atoms with Crippen molar-refractivity contribution >= 4 is 12.4 Å². The average Bonchev–Trinajstić information content (AvgIpc) is 2.21. The number of hydrogen-bond acceptors (Lipinski definition) is 4. The summed E-state index contributed by atoms with van der Waals surface area (Å²) in [6.07, 6.45) is 0. The lowest BCUT2D eigenvalue weighted by Gasteiger charge is -2.07. The van der Waals surface area contributed by atoms with Crippen LogP contribution in [-0.4, -0.2) is 19.0 Å². The fourth-order valence-corrected chi connectivity index (χ4v) is 1.17. The third kappa shape index (κ3) is 2.80. The Hall–Kier alpha value is -1.84. The second-order valence-corrected chi connectivity index (χ2v) is 2.93. The molecule has 0 saturated heterocycles. The molecule has 0 saturated carbocycles. The van der Waals surface area contributed by atoms with Crippen LogP contribution in [0.3, 0.4) is 0 Å². The van der Waals surface area contributed by atoms with Gasteiger partial charge in [-0.3, -0.25) is 4.79 Å². The van der Waals surface area contributed by atoms with Crippen molar-refractivity contribution in [3.8, 4) is 5.75 Å². The summed E-state index contributed by atoms with van der Waals surface area (Å²) in [6.45, 7) is 4.13. The number of carbonyl (C=O) groups excluding carboxylic acids is 2. The van der Waals surface area contributed by atoms with Crippen LogP contribution >= 0.6 is 0 Å². The van der Waals surface area contributed by atoms with E-state index >= 15 is 0 Å². The molecule has 4 heteroatoms. The number of ether oxygens (including phenoxy) is 2. The van der Waals surface area contributed by atoms with E-state index in [1.807, 2.05) is 6.92 Å². The monoisotopic (exact) mass is 208 g/mol. The molecule has 0 heterocycles. The first-order valence-electron chi connectivity index (χ1n) is 4.57. The first-order valence-corrected chi connectivity index (χ1v) is 4.57. The van der Waals surface area contributed by atoms with Gasteiger partial charge in [-0.1, -0.05) is 6.07 Å². The van der Waals surface area contributed by atoms with Gasteiger partial charge in [-0.2, -0.15) is 0 Å². The van der Waals surface area contributed by atoms with Gasteiger partial charge in [0, 0.05) is 0 Å². The minimum absolute atomic E-state index is 0.217. The Bertz CT molecular complexity index is 371. The SMILES string of the molecule is CCOC(=O)c1cc(C)ccc1OC=O. The maximum absolute atomic E-state index is 11.5. The summed E-state index contributed by atoms with van der Waals surface area (Å²) in [5, 5.41) is 0. The molecule has 0 aliphatic carbocycles. The van der Waals surface area contributed by atoms with E-state index < -0.39 is 5.97 Å². The zero-order valence-electron chi connectivity index (χ0n) is 8.65. The molecule has 1 aromatic rings. The van der Waals surface area contributed by atoms with Crippen LogP contribution in [0, 0.1) is 6.92 Å². The lowest BCUT2D eigenvalue weighted by Crippen LogP contribution is -2.07. The van der Waals surface area contributed by atoms with E-state index in [9.17, 15) is 9.59 Å². The fourth-order valence-electron chi connectivity index (χ4n) is 1.17. The first-order chi connectivity index (χ1) is 7.19. The summed E-state index contributed by atoms with van der Waals surface area (Å²) in [6, 6.07) is 4.94. The molecule has 80 valence electrons. The molecule has 0 unspecified atom stereocenters. The van der Waals surface area contributed by atoms with Crippen LogP contribution in [0.1, 0.15) is 22.8 Å². The van der Waals surface area contributed by atoms with Crippen molar-refractivity contribution in [3.63, 3.8) is 0 Å². The molecule has 15 heavy (non-hydrogen) atoms. The third-order valence-corrected chi connectivity index (χ3v) is 1.81. The van der Waals surface area contributed by atoms with Gasteiger partial charge in [0.1, 0.15) is 11.3 Å². The quantitative estimate of drug-likeness (QED) is 0.558. The highest BCUT2D eigenvalue weighted by atomic mass is 16.5. The van der Waals surface area contributed by atoms with E-state index in [-0.39, 0.29) is 24.4 Å². The largest absolute Gasteiger partial charge is 0.462 e. The molecule has 0 N–H and O–H groups in total. The molecule has 0 radical (unpaired) electrons. The minimum Gasteiger partial charge on any atom is -0.462 e. The normalized spacial score (nSPS) is 9.47. The second-order valence-electron chi connectivity index (χ2n) is 2.93. The van der Waals surface area contributed by atoms with Gasteiger partial charge in [-0.15, -0.1) is 0 Å². The summed E-state index contributed by atoms with van der Waals surface area (Å²) in [7, 11) is 0. The number of rotatable bonds is 4. The topological polar surface area (TPSA) is 52.6 Å². The Balaban J connectivity index is 3.05. The Morgan fingerprint density at radius 3 is 2.80 bits per heavy atom. The highest BCUT2D eigenvalue weighted by molar-refractivity contribution is 5.93. The zero-order chi connectivity index (χ0) is 11.3. The Morgan fingerprint density at radius 1 is 1.47 bits per heavy atom. The Morgan fingerprint density at radius 2 is 2.20 bits per heavy atom. The van der Waals surface area contributed by atoms with Crippen molar-refractivity contribution in [2.45, 2.75) is 13.8 Å². The van der Waals surface area contributed by atoms with Gasteiger partial charge in [0.15, 0.2) is 0 Å². The van der Waals surface area contributed by atoms with Crippen LogP contribution in [0.15, 0.2) is 18.2 Å². The molecular weight excluding hydrogens is 196 g/mol. The number of benzene rings is 1. The van der Waals surface area contributed by atoms with Crippen molar-refractivity contribution in [1.29, 1.82) is 0 Å². The molecule has 0 aliphatic heterocycles. The van der Waals surface area contributed by atoms with E-state index in [0.717, 1.165) is 5.56 Å². The maximum Gasteiger partial charge on any atom is 0.341 e. The summed E-state index contributed by atoms with van der Waals surface area (Å²) in [5.74, 6) is -0.271. The molecule has 0 atom stereocenters. The molecule has 0 spiro atoms. The molecule has 4 nitrogen and oxygen atoms in total. The molecule has 0 bridgehead atoms. The Labute approximate surface area is 87.8 Å². The van der Waals surface area contributed by atoms with Crippen LogP contribution < -0.4 is 4.74 Å². The van der Waals surface area contributed by atoms with E-state index in [1.165, 1.54) is 0 Å². The van der Waals surface area contributed by atoms with Crippen molar-refractivity contribution in [2.24, 2.45) is 0 Å². The van der Waals surface area contributed by atoms with Gasteiger partial charge in [0.05, 0.1) is 6.61 Å². The number of esters is 1. The third-order valence-electron chi connectivity index (χ3n) is 1.81. The van der Waals surface area contributed by atoms with E-state index in [4.69, 9.17) is 4.74 Å². The lowest BCUT2D eigenvalue weighted by molar-refractivity contribution is -0.120. The van der Waals surface area contributed by atoms with Crippen LogP contribution in [0.5, 0.6) is 5.75 Å². The predicted octanol–water partition coefficient (Wildman–Crippen LogP) is 1.71. The van der Waals surface area contributed by atoms with Gasteiger partial charge in [0.25, 0.3) is 6.47 Å². The summed E-state index contributed by atoms with van der Waals surface area (Å²) in [5.41, 5.74) is 1.17. The fraction of sp³-hybridized carbons (Fsp3) is 0.273. The second kappa shape index (κ2) is 5.14. The van der Waals surface area contributed by atoms with Crippen molar-refractivity contribution in [3.05, 3.63) is 29.3 Å². The van der Waals surface area contributed by atoms with E-state index in [0.29, 0.717) is 0 Å². The van der Waals surface area contributed by atoms with Crippen LogP contribution in [0.2, 0.25) is 0 Å². The standard InChI is InChI=1S/C11H12O4/c1-3-14-11(13)9-6-8(2)4-5-10(9)15-7-12/h4-7H,3H2,1-2H3. The molecule has 0 amide bonds. The number of hydrogen-bond donors (Lipinski definition) is 0. The molecule has 0 aromatic heterocycles. The van der Waals surface area contributed by atoms with Crippen LogP contribution in [-0.2, 0) is 9.53 Å². The van der Waals surface area contributed by atoms with Gasteiger partial charge in [0.2, 0.25) is 0 Å². The molecular formula is C11H12O4. The van der Waals surface area contributed by atoms with Crippen molar-refractivity contribution in [1.82, 2.24) is 0 Å². The van der Waals surface area contributed by atoms with Gasteiger partial charge >= 0.3 is 5.97 Å². The zero-order valence-corrected chi connectivity index (χ0v) is 8.65. The highest BCUT2D eigenvalue weighted by Gasteiger charge is 2.13. The number of carbonyl (C=O) groups is 2. The molecule has 0 aliphatic rings. The predicted molar refractivity (Wildman–Crippen MR) is 53.8 cm³/mol. The lowest BCUT2D eigenvalue weighted by atomic mass is 10.1. The summed E-state index contributed by atoms with van der Waals surface area (Å²) >= 11 is 0. The minimum atomic E-state index is -0.488. The number of aryl methyl sites for hydroxylation is 1. The molecule has 1 aromatic carbocycles. The van der Waals surface area contributed by atoms with E-state index in [2.05, 4.69) is 4.74 Å². The summed E-state index contributed by atoms with van der Waals surface area (Å²) < 4.78 is 9.51. The maximum atomic E-state index is 11.5. The Kier molecular flexibility index (Phi) is 3.85. The highest BCUT2D eigenvalue weighted by Crippen LogP contribution is 2.20. The van der Waals surface area contributed by atoms with Crippen LogP contribution in [0.25, 0.3) is 0 Å². The van der Waals surface area contributed by atoms with Gasteiger partial charge < -0.3 is 9.47 Å². The summed E-state index contributed by atoms with van der Waals surface area (Å²) in [4.78, 5) is 21.7. The van der Waals surface area contributed by atoms with E-state index in [1.54, 1.807) is 25.1 Å². The van der Waals surface area contributed by atoms with Crippen molar-refractivity contribution < 1.29 is 19.1 Å². The van der Waals surface area contributed by atoms with Crippen molar-refractivity contribution in [2.75, 3.05) is 6.61 Å². The smallest absolute Gasteiger partial charge is 0.341 e. The van der Waals surface area contributed by atoms with Gasteiger partial charge in [-0.05, 0) is 31.5 Å². The van der Waals surface area contributed by atoms with Crippen LogP contribution in [0.4, 0.5) is 0 Å². The molecule has 0 fully saturated rings. The molecule has 1 rings (SSSR count). The average molecular weight is 208 g/mol. The first kappa shape index (κ1) is 11.2. The van der Waals surface area contributed by atoms with Gasteiger partial charge in [-0.25, -0.2) is 4.79 Å².